The van der Waals surface area contributed by atoms with Gasteiger partial charge < -0.3 is 9.47 Å². The summed E-state index contributed by atoms with van der Waals surface area (Å²) in [4.78, 5) is -0.118. The number of hydrogen-bond donors (Lipinski definition) is 1. The van der Waals surface area contributed by atoms with Gasteiger partial charge >= 0.3 is 0 Å². The molecule has 9 heteroatoms. The molecule has 0 fully saturated rings. The van der Waals surface area contributed by atoms with E-state index in [1.54, 1.807) is 0 Å². The van der Waals surface area contributed by atoms with Crippen molar-refractivity contribution in [2.45, 2.75) is 11.4 Å². The van der Waals surface area contributed by atoms with Gasteiger partial charge in [0.1, 0.15) is 11.6 Å². The van der Waals surface area contributed by atoms with Crippen LogP contribution in [0, 0.1) is 11.6 Å². The Kier molecular flexibility index (Phi) is 5.63. The SMILES string of the molecule is COc1ccc(S(=O)(=O)NCc2c(F)ccc(F)c2Cl)cc1OC. The van der Waals surface area contributed by atoms with E-state index < -0.39 is 33.2 Å². The van der Waals surface area contributed by atoms with Crippen LogP contribution in [0.5, 0.6) is 11.5 Å². The topological polar surface area (TPSA) is 64.6 Å². The predicted molar refractivity (Wildman–Crippen MR) is 84.9 cm³/mol. The van der Waals surface area contributed by atoms with Crippen LogP contribution >= 0.6 is 11.6 Å². The van der Waals surface area contributed by atoms with Crippen molar-refractivity contribution in [3.05, 3.63) is 52.6 Å². The highest BCUT2D eigenvalue weighted by atomic mass is 35.5. The molecule has 0 saturated heterocycles. The van der Waals surface area contributed by atoms with Crippen molar-refractivity contribution in [3.63, 3.8) is 0 Å². The molecule has 2 aromatic rings. The lowest BCUT2D eigenvalue weighted by molar-refractivity contribution is 0.354. The number of rotatable bonds is 6. The summed E-state index contributed by atoms with van der Waals surface area (Å²) >= 11 is 5.67. The molecule has 130 valence electrons. The quantitative estimate of drug-likeness (QED) is 0.786. The Hall–Kier alpha value is -1.90. The third-order valence-corrected chi connectivity index (χ3v) is 5.05. The predicted octanol–water partition coefficient (Wildman–Crippen LogP) is 3.11. The van der Waals surface area contributed by atoms with Gasteiger partial charge in [-0.15, -0.1) is 0 Å². The summed E-state index contributed by atoms with van der Waals surface area (Å²) in [6.07, 6.45) is 0. The zero-order valence-electron chi connectivity index (χ0n) is 12.8. The first-order valence-electron chi connectivity index (χ1n) is 6.64. The fourth-order valence-electron chi connectivity index (χ4n) is 1.97. The highest BCUT2D eigenvalue weighted by molar-refractivity contribution is 7.89. The lowest BCUT2D eigenvalue weighted by Gasteiger charge is -2.12. The molecule has 0 heterocycles. The summed E-state index contributed by atoms with van der Waals surface area (Å²) in [6.45, 7) is -0.501. The largest absolute Gasteiger partial charge is 0.493 e. The van der Waals surface area contributed by atoms with Crippen molar-refractivity contribution in [3.8, 4) is 11.5 Å². The van der Waals surface area contributed by atoms with Gasteiger partial charge in [-0.3, -0.25) is 0 Å². The van der Waals surface area contributed by atoms with Gasteiger partial charge in [-0.25, -0.2) is 21.9 Å². The maximum Gasteiger partial charge on any atom is 0.241 e. The Labute approximate surface area is 143 Å². The number of hydrogen-bond acceptors (Lipinski definition) is 4. The smallest absolute Gasteiger partial charge is 0.241 e. The van der Waals surface area contributed by atoms with E-state index in [9.17, 15) is 17.2 Å². The number of nitrogens with one attached hydrogen (secondary N) is 1. The number of sulfonamides is 1. The highest BCUT2D eigenvalue weighted by Crippen LogP contribution is 2.29. The molecule has 0 spiro atoms. The van der Waals surface area contributed by atoms with Crippen LogP contribution in [0.1, 0.15) is 5.56 Å². The van der Waals surface area contributed by atoms with E-state index in [2.05, 4.69) is 4.72 Å². The molecule has 0 unspecified atom stereocenters. The third kappa shape index (κ3) is 3.77. The molecule has 0 aliphatic heterocycles. The second kappa shape index (κ2) is 7.33. The zero-order chi connectivity index (χ0) is 17.9. The van der Waals surface area contributed by atoms with Crippen LogP contribution in [0.15, 0.2) is 35.2 Å². The monoisotopic (exact) mass is 377 g/mol. The number of methoxy groups -OCH3 is 2. The first kappa shape index (κ1) is 18.4. The molecule has 24 heavy (non-hydrogen) atoms. The van der Waals surface area contributed by atoms with Crippen molar-refractivity contribution in [1.29, 1.82) is 0 Å². The van der Waals surface area contributed by atoms with E-state index in [1.807, 2.05) is 0 Å². The normalized spacial score (nSPS) is 11.4. The van der Waals surface area contributed by atoms with Crippen molar-refractivity contribution in [2.75, 3.05) is 14.2 Å². The minimum Gasteiger partial charge on any atom is -0.493 e. The van der Waals surface area contributed by atoms with Crippen molar-refractivity contribution in [2.24, 2.45) is 0 Å². The third-order valence-electron chi connectivity index (χ3n) is 3.24. The van der Waals surface area contributed by atoms with Crippen LogP contribution < -0.4 is 14.2 Å². The van der Waals surface area contributed by atoms with Gasteiger partial charge in [-0.05, 0) is 24.3 Å². The Morgan fingerprint density at radius 3 is 2.29 bits per heavy atom. The molecule has 2 aromatic carbocycles. The fraction of sp³-hybridized carbons (Fsp3) is 0.200. The Morgan fingerprint density at radius 1 is 1.04 bits per heavy atom. The highest BCUT2D eigenvalue weighted by Gasteiger charge is 2.19. The van der Waals surface area contributed by atoms with Gasteiger partial charge in [0.2, 0.25) is 10.0 Å². The molecular formula is C15H14ClF2NO4S. The molecule has 2 rings (SSSR count). The summed E-state index contributed by atoms with van der Waals surface area (Å²) in [5, 5.41) is -0.468. The van der Waals surface area contributed by atoms with Crippen molar-refractivity contribution >= 4 is 21.6 Å². The second-order valence-electron chi connectivity index (χ2n) is 4.66. The molecule has 0 amide bonds. The minimum absolute atomic E-state index is 0.118. The van der Waals surface area contributed by atoms with E-state index >= 15 is 0 Å². The summed E-state index contributed by atoms with van der Waals surface area (Å²) in [7, 11) is -1.22. The van der Waals surface area contributed by atoms with Crippen LogP contribution in [0.25, 0.3) is 0 Å². The zero-order valence-corrected chi connectivity index (χ0v) is 14.3. The van der Waals surface area contributed by atoms with Gasteiger partial charge in [0.25, 0.3) is 0 Å². The first-order chi connectivity index (χ1) is 11.3. The summed E-state index contributed by atoms with van der Waals surface area (Å²) in [5.74, 6) is -1.07. The maximum absolute atomic E-state index is 13.7. The van der Waals surface area contributed by atoms with Crippen molar-refractivity contribution < 1.29 is 26.7 Å². The van der Waals surface area contributed by atoms with Crippen LogP contribution in [0.2, 0.25) is 5.02 Å². The Balaban J connectivity index is 2.28. The number of halogens is 3. The molecule has 1 N–H and O–H groups in total. The van der Waals surface area contributed by atoms with Gasteiger partial charge in [0.15, 0.2) is 11.5 Å². The fourth-order valence-corrected chi connectivity index (χ4v) is 3.20. The van der Waals surface area contributed by atoms with E-state index in [0.717, 1.165) is 12.1 Å². The Bertz CT molecular complexity index is 859. The van der Waals surface area contributed by atoms with E-state index in [4.69, 9.17) is 21.1 Å². The first-order valence-corrected chi connectivity index (χ1v) is 8.50. The molecule has 0 radical (unpaired) electrons. The summed E-state index contributed by atoms with van der Waals surface area (Å²) in [6, 6.07) is 5.71. The van der Waals surface area contributed by atoms with E-state index in [0.29, 0.717) is 5.75 Å². The standard InChI is InChI=1S/C15H14ClF2NO4S/c1-22-13-6-3-9(7-14(13)23-2)24(20,21)19-8-10-11(17)4-5-12(18)15(10)16/h3-7,19H,8H2,1-2H3. The molecule has 0 aliphatic carbocycles. The molecule has 0 bridgehead atoms. The minimum atomic E-state index is -4.00. The lowest BCUT2D eigenvalue weighted by atomic mass is 10.2. The van der Waals surface area contributed by atoms with Gasteiger partial charge in [-0.1, -0.05) is 11.6 Å². The summed E-state index contributed by atoms with van der Waals surface area (Å²) < 4.78 is 64.0. The second-order valence-corrected chi connectivity index (χ2v) is 6.81. The Morgan fingerprint density at radius 2 is 1.67 bits per heavy atom. The number of ether oxygens (including phenoxy) is 2. The van der Waals surface area contributed by atoms with Crippen molar-refractivity contribution in [1.82, 2.24) is 4.72 Å². The van der Waals surface area contributed by atoms with Gasteiger partial charge in [0.05, 0.1) is 24.1 Å². The molecule has 0 aromatic heterocycles. The lowest BCUT2D eigenvalue weighted by Crippen LogP contribution is -2.24. The van der Waals surface area contributed by atoms with Crippen LogP contribution in [-0.4, -0.2) is 22.6 Å². The molecule has 0 atom stereocenters. The van der Waals surface area contributed by atoms with E-state index in [1.165, 1.54) is 32.4 Å². The molecular weight excluding hydrogens is 364 g/mol. The average Bonchev–Trinajstić information content (AvgIpc) is 2.57. The van der Waals surface area contributed by atoms with Gasteiger partial charge in [0, 0.05) is 18.2 Å². The van der Waals surface area contributed by atoms with Crippen LogP contribution in [0.4, 0.5) is 8.78 Å². The van der Waals surface area contributed by atoms with E-state index in [-0.39, 0.29) is 16.2 Å². The molecule has 0 saturated carbocycles. The molecule has 5 nitrogen and oxygen atoms in total. The average molecular weight is 378 g/mol. The molecule has 0 aliphatic rings. The summed E-state index contributed by atoms with van der Waals surface area (Å²) in [5.41, 5.74) is -0.277. The van der Waals surface area contributed by atoms with Crippen LogP contribution in [0.3, 0.4) is 0 Å². The maximum atomic E-state index is 13.7. The number of benzene rings is 2. The van der Waals surface area contributed by atoms with Gasteiger partial charge in [-0.2, -0.15) is 0 Å². The van der Waals surface area contributed by atoms with Crippen LogP contribution in [-0.2, 0) is 16.6 Å².